The van der Waals surface area contributed by atoms with E-state index < -0.39 is 0 Å². The van der Waals surface area contributed by atoms with Gasteiger partial charge in [-0.15, -0.1) is 0 Å². The van der Waals surface area contributed by atoms with Crippen molar-refractivity contribution in [2.24, 2.45) is 5.16 Å². The van der Waals surface area contributed by atoms with E-state index in [4.69, 9.17) is 9.57 Å². The van der Waals surface area contributed by atoms with Crippen molar-refractivity contribution in [2.75, 3.05) is 33.9 Å². The van der Waals surface area contributed by atoms with Gasteiger partial charge in [-0.3, -0.25) is 0 Å². The highest BCUT2D eigenvalue weighted by atomic mass is 19.1. The van der Waals surface area contributed by atoms with Crippen molar-refractivity contribution in [3.8, 4) is 5.75 Å². The van der Waals surface area contributed by atoms with E-state index in [1.807, 2.05) is 6.07 Å². The summed E-state index contributed by atoms with van der Waals surface area (Å²) in [6.07, 6.45) is 1.91. The van der Waals surface area contributed by atoms with Gasteiger partial charge < -0.3 is 14.5 Å². The number of ether oxygens (including phenoxy) is 1. The molecule has 0 N–H and O–H groups in total. The summed E-state index contributed by atoms with van der Waals surface area (Å²) < 4.78 is 18.5. The van der Waals surface area contributed by atoms with Crippen molar-refractivity contribution in [2.45, 2.75) is 18.8 Å². The minimum Gasteiger partial charge on any atom is -0.497 e. The van der Waals surface area contributed by atoms with Crippen LogP contribution in [0.3, 0.4) is 0 Å². The lowest BCUT2D eigenvalue weighted by Crippen LogP contribution is -2.24. The van der Waals surface area contributed by atoms with Crippen molar-refractivity contribution in [1.82, 2.24) is 4.90 Å². The zero-order chi connectivity index (χ0) is 18.4. The molecule has 4 nitrogen and oxygen atoms in total. The Morgan fingerprint density at radius 2 is 2.00 bits per heavy atom. The van der Waals surface area contributed by atoms with Gasteiger partial charge in [0.05, 0.1) is 12.8 Å². The molecule has 0 aromatic heterocycles. The first kappa shape index (κ1) is 18.4. The van der Waals surface area contributed by atoms with Gasteiger partial charge in [-0.25, -0.2) is 4.39 Å². The van der Waals surface area contributed by atoms with Crippen LogP contribution in [0.1, 0.15) is 29.9 Å². The number of hydrogen-bond donors (Lipinski definition) is 0. The normalized spacial score (nSPS) is 18.1. The molecule has 1 aliphatic rings. The van der Waals surface area contributed by atoms with Gasteiger partial charge in [0.15, 0.2) is 0 Å². The summed E-state index contributed by atoms with van der Waals surface area (Å²) in [6, 6.07) is 14.7. The number of halogens is 1. The van der Waals surface area contributed by atoms with Gasteiger partial charge in [-0.1, -0.05) is 29.4 Å². The van der Waals surface area contributed by atoms with E-state index >= 15 is 0 Å². The molecule has 2 aromatic rings. The van der Waals surface area contributed by atoms with Crippen LogP contribution in [-0.2, 0) is 4.84 Å². The fourth-order valence-corrected chi connectivity index (χ4v) is 3.46. The lowest BCUT2D eigenvalue weighted by atomic mass is 9.98. The van der Waals surface area contributed by atoms with E-state index in [1.165, 1.54) is 24.8 Å². The topological polar surface area (TPSA) is 34.1 Å². The number of methoxy groups -OCH3 is 1. The molecule has 26 heavy (non-hydrogen) atoms. The third kappa shape index (κ3) is 4.61. The zero-order valence-corrected chi connectivity index (χ0v) is 15.3. The molecule has 2 aromatic carbocycles. The molecule has 0 radical (unpaired) electrons. The fourth-order valence-electron chi connectivity index (χ4n) is 3.46. The molecule has 1 fully saturated rings. The molecule has 0 spiro atoms. The molecule has 1 aliphatic heterocycles. The van der Waals surface area contributed by atoms with E-state index in [-0.39, 0.29) is 5.82 Å². The Kier molecular flexibility index (Phi) is 6.23. The van der Waals surface area contributed by atoms with E-state index in [0.29, 0.717) is 5.92 Å². The third-order valence-electron chi connectivity index (χ3n) is 4.88. The molecule has 0 saturated carbocycles. The van der Waals surface area contributed by atoms with Crippen molar-refractivity contribution < 1.29 is 14.0 Å². The molecular formula is C21H25FN2O2. The van der Waals surface area contributed by atoms with Gasteiger partial charge in [0.2, 0.25) is 0 Å². The smallest absolute Gasteiger partial charge is 0.123 e. The second-order valence-corrected chi connectivity index (χ2v) is 6.54. The summed E-state index contributed by atoms with van der Waals surface area (Å²) in [5.74, 6) is 1.19. The second kappa shape index (κ2) is 8.81. The average Bonchev–Trinajstić information content (AvgIpc) is 3.15. The lowest BCUT2D eigenvalue weighted by Gasteiger charge is -2.17. The second-order valence-electron chi connectivity index (χ2n) is 6.54. The Bertz CT molecular complexity index is 746. The molecule has 0 bridgehead atoms. The number of likely N-dealkylation sites (tertiary alicyclic amines) is 1. The maximum atomic E-state index is 13.1. The highest BCUT2D eigenvalue weighted by Gasteiger charge is 2.24. The first-order valence-electron chi connectivity index (χ1n) is 8.92. The third-order valence-corrected chi connectivity index (χ3v) is 4.88. The van der Waals surface area contributed by atoms with Crippen molar-refractivity contribution in [3.63, 3.8) is 0 Å². The van der Waals surface area contributed by atoms with Crippen LogP contribution in [0.15, 0.2) is 53.7 Å². The number of rotatable bonds is 7. The molecule has 3 rings (SSSR count). The Morgan fingerprint density at radius 1 is 1.19 bits per heavy atom. The van der Waals surface area contributed by atoms with Crippen molar-refractivity contribution >= 4 is 5.71 Å². The van der Waals surface area contributed by atoms with Gasteiger partial charge >= 0.3 is 0 Å². The minimum atomic E-state index is -0.244. The van der Waals surface area contributed by atoms with Crippen LogP contribution < -0.4 is 4.74 Å². The lowest BCUT2D eigenvalue weighted by molar-refractivity contribution is 0.212. The van der Waals surface area contributed by atoms with E-state index in [0.717, 1.165) is 49.5 Å². The summed E-state index contributed by atoms with van der Waals surface area (Å²) >= 11 is 0. The van der Waals surface area contributed by atoms with Gasteiger partial charge in [0.25, 0.3) is 0 Å². The molecule has 1 heterocycles. The van der Waals surface area contributed by atoms with E-state index in [9.17, 15) is 4.39 Å². The zero-order valence-electron chi connectivity index (χ0n) is 15.3. The van der Waals surface area contributed by atoms with Crippen molar-refractivity contribution in [1.29, 1.82) is 0 Å². The Morgan fingerprint density at radius 3 is 2.73 bits per heavy atom. The number of oxime groups is 1. The number of nitrogens with zero attached hydrogens (tertiary/aromatic N) is 2. The molecule has 1 saturated heterocycles. The first-order chi connectivity index (χ1) is 12.7. The summed E-state index contributed by atoms with van der Waals surface area (Å²) in [4.78, 5) is 7.42. The van der Waals surface area contributed by atoms with Gasteiger partial charge in [0.1, 0.15) is 18.7 Å². The number of benzene rings is 2. The van der Waals surface area contributed by atoms with E-state index in [2.05, 4.69) is 28.3 Å². The first-order valence-corrected chi connectivity index (χ1v) is 8.92. The van der Waals surface area contributed by atoms with Gasteiger partial charge in [-0.2, -0.15) is 0 Å². The fraction of sp³-hybridized carbons (Fsp3) is 0.381. The summed E-state index contributed by atoms with van der Waals surface area (Å²) in [7, 11) is 3.24. The van der Waals surface area contributed by atoms with Crippen LogP contribution >= 0.6 is 0 Å². The molecule has 1 unspecified atom stereocenters. The Balaban J connectivity index is 1.59. The van der Waals surface area contributed by atoms with Crippen LogP contribution in [0.25, 0.3) is 0 Å². The molecule has 0 aliphatic carbocycles. The Labute approximate surface area is 154 Å². The van der Waals surface area contributed by atoms with Crippen LogP contribution in [0.2, 0.25) is 0 Å². The highest BCUT2D eigenvalue weighted by molar-refractivity contribution is 6.00. The van der Waals surface area contributed by atoms with Crippen LogP contribution in [0.5, 0.6) is 5.75 Å². The van der Waals surface area contributed by atoms with Crippen LogP contribution in [0.4, 0.5) is 4.39 Å². The largest absolute Gasteiger partial charge is 0.497 e. The summed E-state index contributed by atoms with van der Waals surface area (Å²) in [5, 5.41) is 4.14. The van der Waals surface area contributed by atoms with Crippen molar-refractivity contribution in [3.05, 3.63) is 65.5 Å². The summed E-state index contributed by atoms with van der Waals surface area (Å²) in [5.41, 5.74) is 3.07. The van der Waals surface area contributed by atoms with Crippen LogP contribution in [-0.4, -0.2) is 44.5 Å². The number of hydrogen-bond acceptors (Lipinski definition) is 4. The molecule has 1 atom stereocenters. The Hall–Kier alpha value is -2.40. The predicted molar refractivity (Wildman–Crippen MR) is 101 cm³/mol. The average molecular weight is 356 g/mol. The maximum absolute atomic E-state index is 13.1. The molecular weight excluding hydrogens is 331 g/mol. The minimum absolute atomic E-state index is 0.244. The SMILES string of the molecule is CON=C(CCN1CCC(c2cccc(OC)c2)C1)c1ccc(F)cc1. The molecule has 0 amide bonds. The summed E-state index contributed by atoms with van der Waals surface area (Å²) in [6.45, 7) is 2.99. The van der Waals surface area contributed by atoms with Crippen LogP contribution in [0, 0.1) is 5.82 Å². The standard InChI is InChI=1S/C21H25FN2O2/c1-25-20-5-3-4-17(14-20)18-10-12-24(15-18)13-11-21(23-26-2)16-6-8-19(22)9-7-16/h3-9,14,18H,10-13,15H2,1-2H3. The monoisotopic (exact) mass is 356 g/mol. The molecule has 138 valence electrons. The van der Waals surface area contributed by atoms with E-state index in [1.54, 1.807) is 19.2 Å². The molecule has 5 heteroatoms. The van der Waals surface area contributed by atoms with Gasteiger partial charge in [-0.05, 0) is 54.3 Å². The maximum Gasteiger partial charge on any atom is 0.123 e. The highest BCUT2D eigenvalue weighted by Crippen LogP contribution is 2.29. The quantitative estimate of drug-likeness (QED) is 0.554. The predicted octanol–water partition coefficient (Wildman–Crippen LogP) is 4.06. The van der Waals surface area contributed by atoms with Gasteiger partial charge in [0, 0.05) is 19.5 Å².